The summed E-state index contributed by atoms with van der Waals surface area (Å²) >= 11 is 0. The molecule has 1 aliphatic rings. The number of amides is 2. The Morgan fingerprint density at radius 2 is 1.15 bits per heavy atom. The van der Waals surface area contributed by atoms with E-state index in [1.165, 1.54) is 11.0 Å². The summed E-state index contributed by atoms with van der Waals surface area (Å²) in [6, 6.07) is 40.9. The van der Waals surface area contributed by atoms with Crippen LogP contribution in [0.15, 0.2) is 140 Å². The number of carbonyl (C=O) groups is 2. The van der Waals surface area contributed by atoms with E-state index in [1.54, 1.807) is 53.1 Å². The van der Waals surface area contributed by atoms with Crippen molar-refractivity contribution in [3.8, 4) is 27.9 Å². The number of carbonyl (C=O) groups excluding carboxylic acids is 2. The minimum atomic E-state index is -4.51. The summed E-state index contributed by atoms with van der Waals surface area (Å²) < 4.78 is 42.9. The molecule has 46 heavy (non-hydrogen) atoms. The van der Waals surface area contributed by atoms with Crippen LogP contribution in [-0.4, -0.2) is 16.4 Å². The van der Waals surface area contributed by atoms with Crippen LogP contribution < -0.4 is 4.90 Å². The molecular formula is C39H23F3N2O2. The molecule has 0 N–H and O–H groups in total. The van der Waals surface area contributed by atoms with Crippen molar-refractivity contribution in [3.63, 3.8) is 0 Å². The molecule has 8 rings (SSSR count). The van der Waals surface area contributed by atoms with Gasteiger partial charge in [-0.2, -0.15) is 13.2 Å². The number of nitrogens with zero attached hydrogens (tertiary/aromatic N) is 2. The SMILES string of the molecule is O=C1c2cccc(-n3c4ccccc4c4cc(C(F)(F)F)ccc43)c2C(=O)N1c1ccc(-c2ccccc2)cc1-c1ccccc1. The summed E-state index contributed by atoms with van der Waals surface area (Å²) in [7, 11) is 0. The number of benzene rings is 6. The van der Waals surface area contributed by atoms with Crippen molar-refractivity contribution in [1.29, 1.82) is 0 Å². The topological polar surface area (TPSA) is 42.3 Å². The lowest BCUT2D eigenvalue weighted by Crippen LogP contribution is -2.30. The smallest absolute Gasteiger partial charge is 0.308 e. The van der Waals surface area contributed by atoms with Crippen molar-refractivity contribution in [1.82, 2.24) is 4.57 Å². The van der Waals surface area contributed by atoms with Gasteiger partial charge in [0.05, 0.1) is 39.1 Å². The van der Waals surface area contributed by atoms with E-state index in [1.807, 2.05) is 72.8 Å². The Balaban J connectivity index is 1.32. The third-order valence-corrected chi connectivity index (χ3v) is 8.56. The van der Waals surface area contributed by atoms with Gasteiger partial charge in [0.1, 0.15) is 0 Å². The number of anilines is 1. The van der Waals surface area contributed by atoms with Gasteiger partial charge < -0.3 is 4.57 Å². The number of fused-ring (bicyclic) bond motifs is 4. The van der Waals surface area contributed by atoms with Gasteiger partial charge in [0, 0.05) is 16.3 Å². The third-order valence-electron chi connectivity index (χ3n) is 8.56. The summed E-state index contributed by atoms with van der Waals surface area (Å²) in [6.07, 6.45) is -4.51. The van der Waals surface area contributed by atoms with Gasteiger partial charge in [-0.15, -0.1) is 0 Å². The van der Waals surface area contributed by atoms with E-state index in [0.717, 1.165) is 34.4 Å². The molecule has 4 nitrogen and oxygen atoms in total. The summed E-state index contributed by atoms with van der Waals surface area (Å²) in [5.41, 5.74) is 5.15. The van der Waals surface area contributed by atoms with Crippen molar-refractivity contribution in [3.05, 3.63) is 156 Å². The Labute approximate surface area is 261 Å². The lowest BCUT2D eigenvalue weighted by molar-refractivity contribution is -0.137. The molecule has 0 spiro atoms. The maximum Gasteiger partial charge on any atom is 0.416 e. The number of aromatic nitrogens is 1. The van der Waals surface area contributed by atoms with Crippen LogP contribution in [0.3, 0.4) is 0 Å². The molecule has 0 saturated heterocycles. The van der Waals surface area contributed by atoms with Gasteiger partial charge in [0.2, 0.25) is 0 Å². The molecule has 7 aromatic rings. The maximum absolute atomic E-state index is 14.5. The number of halogens is 3. The van der Waals surface area contributed by atoms with Gasteiger partial charge in [0.15, 0.2) is 0 Å². The highest BCUT2D eigenvalue weighted by Gasteiger charge is 2.40. The Morgan fingerprint density at radius 3 is 1.89 bits per heavy atom. The molecule has 0 atom stereocenters. The van der Waals surface area contributed by atoms with Gasteiger partial charge in [0.25, 0.3) is 11.8 Å². The van der Waals surface area contributed by atoms with Crippen LogP contribution in [0.1, 0.15) is 26.3 Å². The molecule has 0 radical (unpaired) electrons. The van der Waals surface area contributed by atoms with E-state index in [2.05, 4.69) is 0 Å². The molecule has 0 aliphatic carbocycles. The molecule has 2 amide bonds. The Morgan fingerprint density at radius 1 is 0.478 bits per heavy atom. The first-order valence-corrected chi connectivity index (χ1v) is 14.7. The summed E-state index contributed by atoms with van der Waals surface area (Å²) in [5, 5.41) is 1.01. The van der Waals surface area contributed by atoms with Crippen LogP contribution in [0, 0.1) is 0 Å². The minimum absolute atomic E-state index is 0.196. The van der Waals surface area contributed by atoms with Crippen LogP contribution >= 0.6 is 0 Å². The standard InChI is InChI=1S/C39H23F3N2O2/c40-39(41,42)27-19-21-34-31(23-27)28-14-7-8-16-32(28)43(34)35-17-9-15-29-36(35)38(46)44(37(29)45)33-20-18-26(24-10-3-1-4-11-24)22-30(33)25-12-5-2-6-13-25/h1-23H. The molecule has 0 fully saturated rings. The first-order chi connectivity index (χ1) is 22.3. The quantitative estimate of drug-likeness (QED) is 0.187. The average molecular weight is 609 g/mol. The molecule has 1 aromatic heterocycles. The van der Waals surface area contributed by atoms with Gasteiger partial charge in [-0.3, -0.25) is 9.59 Å². The Bertz CT molecular complexity index is 2340. The zero-order chi connectivity index (χ0) is 31.6. The number of hydrogen-bond acceptors (Lipinski definition) is 2. The fourth-order valence-electron chi connectivity index (χ4n) is 6.47. The van der Waals surface area contributed by atoms with E-state index < -0.39 is 23.6 Å². The van der Waals surface area contributed by atoms with Gasteiger partial charge >= 0.3 is 6.18 Å². The lowest BCUT2D eigenvalue weighted by Gasteiger charge is -2.20. The third kappa shape index (κ3) is 4.24. The molecule has 222 valence electrons. The highest BCUT2D eigenvalue weighted by molar-refractivity contribution is 6.36. The fourth-order valence-corrected chi connectivity index (χ4v) is 6.47. The molecule has 2 heterocycles. The second-order valence-electron chi connectivity index (χ2n) is 11.2. The van der Waals surface area contributed by atoms with Crippen molar-refractivity contribution >= 4 is 39.3 Å². The van der Waals surface area contributed by atoms with Gasteiger partial charge in [-0.25, -0.2) is 4.90 Å². The summed E-state index contributed by atoms with van der Waals surface area (Å²) in [4.78, 5) is 29.8. The predicted molar refractivity (Wildman–Crippen MR) is 174 cm³/mol. The fraction of sp³-hybridized carbons (Fsp3) is 0.0256. The van der Waals surface area contributed by atoms with Gasteiger partial charge in [-0.05, 0) is 65.2 Å². The second kappa shape index (κ2) is 10.3. The van der Waals surface area contributed by atoms with Crippen LogP contribution in [0.4, 0.5) is 18.9 Å². The Hall–Kier alpha value is -5.95. The van der Waals surface area contributed by atoms with E-state index in [-0.39, 0.29) is 11.1 Å². The van der Waals surface area contributed by atoms with Crippen molar-refractivity contribution < 1.29 is 22.8 Å². The monoisotopic (exact) mass is 608 g/mol. The molecule has 6 aromatic carbocycles. The number of hydrogen-bond donors (Lipinski definition) is 0. The van der Waals surface area contributed by atoms with E-state index >= 15 is 0 Å². The zero-order valence-electron chi connectivity index (χ0n) is 24.1. The molecular weight excluding hydrogens is 585 g/mol. The minimum Gasteiger partial charge on any atom is -0.308 e. The van der Waals surface area contributed by atoms with E-state index in [4.69, 9.17) is 0 Å². The number of alkyl halides is 3. The number of para-hydroxylation sites is 1. The van der Waals surface area contributed by atoms with Gasteiger partial charge in [-0.1, -0.05) is 91.0 Å². The summed E-state index contributed by atoms with van der Waals surface area (Å²) in [5.74, 6) is -0.968. The maximum atomic E-state index is 14.5. The summed E-state index contributed by atoms with van der Waals surface area (Å²) in [6.45, 7) is 0. The van der Waals surface area contributed by atoms with E-state index in [9.17, 15) is 22.8 Å². The molecule has 0 unspecified atom stereocenters. The average Bonchev–Trinajstić information content (AvgIpc) is 3.55. The van der Waals surface area contributed by atoms with Crippen LogP contribution in [0.5, 0.6) is 0 Å². The van der Waals surface area contributed by atoms with Crippen LogP contribution in [-0.2, 0) is 6.18 Å². The lowest BCUT2D eigenvalue weighted by atomic mass is 9.97. The second-order valence-corrected chi connectivity index (χ2v) is 11.2. The molecule has 7 heteroatoms. The van der Waals surface area contributed by atoms with Crippen molar-refractivity contribution in [2.45, 2.75) is 6.18 Å². The normalized spacial score (nSPS) is 13.2. The highest BCUT2D eigenvalue weighted by Crippen LogP contribution is 2.42. The first-order valence-electron chi connectivity index (χ1n) is 14.7. The van der Waals surface area contributed by atoms with Crippen molar-refractivity contribution in [2.24, 2.45) is 0 Å². The predicted octanol–water partition coefficient (Wildman–Crippen LogP) is 9.94. The molecule has 0 bridgehead atoms. The Kier molecular flexibility index (Phi) is 6.18. The zero-order valence-corrected chi connectivity index (χ0v) is 24.1. The van der Waals surface area contributed by atoms with Crippen LogP contribution in [0.25, 0.3) is 49.7 Å². The molecule has 0 saturated carbocycles. The van der Waals surface area contributed by atoms with E-state index in [0.29, 0.717) is 33.2 Å². The van der Waals surface area contributed by atoms with Crippen LogP contribution in [0.2, 0.25) is 0 Å². The largest absolute Gasteiger partial charge is 0.416 e. The van der Waals surface area contributed by atoms with Crippen molar-refractivity contribution in [2.75, 3.05) is 4.90 Å². The highest BCUT2D eigenvalue weighted by atomic mass is 19.4. The first kappa shape index (κ1) is 27.6. The number of imide groups is 1. The number of rotatable bonds is 4. The molecule has 1 aliphatic heterocycles.